The van der Waals surface area contributed by atoms with Crippen molar-refractivity contribution in [3.8, 4) is 0 Å². The number of nitrogens with one attached hydrogen (secondary N) is 2. The molecule has 0 bridgehead atoms. The summed E-state index contributed by atoms with van der Waals surface area (Å²) >= 11 is 0. The first kappa shape index (κ1) is 14.5. The number of amides is 1. The molecule has 1 fully saturated rings. The van der Waals surface area contributed by atoms with Crippen LogP contribution in [-0.4, -0.2) is 46.0 Å². The highest BCUT2D eigenvalue weighted by Gasteiger charge is 2.22. The van der Waals surface area contributed by atoms with Gasteiger partial charge >= 0.3 is 5.69 Å². The van der Waals surface area contributed by atoms with Gasteiger partial charge in [-0.25, -0.2) is 4.79 Å². The molecule has 1 saturated heterocycles. The van der Waals surface area contributed by atoms with Crippen molar-refractivity contribution in [1.29, 1.82) is 0 Å². The van der Waals surface area contributed by atoms with Crippen LogP contribution in [-0.2, 0) is 11.3 Å². The van der Waals surface area contributed by atoms with Crippen molar-refractivity contribution in [2.75, 3.05) is 19.6 Å². The van der Waals surface area contributed by atoms with Crippen LogP contribution < -0.4 is 16.6 Å². The molecule has 1 aromatic rings. The van der Waals surface area contributed by atoms with Gasteiger partial charge in [-0.1, -0.05) is 6.92 Å². The minimum Gasteiger partial charge on any atom is -0.338 e. The van der Waals surface area contributed by atoms with E-state index in [9.17, 15) is 14.4 Å². The number of piperazine rings is 1. The Kier molecular flexibility index (Phi) is 4.39. The molecular formula is C13H20N4O3. The molecule has 7 nitrogen and oxygen atoms in total. The van der Waals surface area contributed by atoms with E-state index in [0.717, 1.165) is 13.0 Å². The topological polar surface area (TPSA) is 87.2 Å². The summed E-state index contributed by atoms with van der Waals surface area (Å²) in [6, 6.07) is 0.307. The SMILES string of the molecule is CC[C@@H]1CN(C(=O)Cn2cc(C)c(=O)[nH]c2=O)CCN1. The molecule has 1 aliphatic heterocycles. The Morgan fingerprint density at radius 3 is 2.90 bits per heavy atom. The lowest BCUT2D eigenvalue weighted by atomic mass is 10.1. The van der Waals surface area contributed by atoms with Crippen molar-refractivity contribution >= 4 is 5.91 Å². The van der Waals surface area contributed by atoms with Crippen molar-refractivity contribution in [1.82, 2.24) is 19.8 Å². The molecule has 0 radical (unpaired) electrons. The molecule has 20 heavy (non-hydrogen) atoms. The zero-order chi connectivity index (χ0) is 14.7. The van der Waals surface area contributed by atoms with E-state index in [2.05, 4.69) is 17.2 Å². The van der Waals surface area contributed by atoms with Crippen LogP contribution in [0, 0.1) is 6.92 Å². The Hall–Kier alpha value is -1.89. The predicted octanol–water partition coefficient (Wildman–Crippen LogP) is -0.945. The molecule has 7 heteroatoms. The van der Waals surface area contributed by atoms with Gasteiger partial charge in [-0.2, -0.15) is 0 Å². The fourth-order valence-corrected chi connectivity index (χ4v) is 2.31. The molecule has 2 rings (SSSR count). The quantitative estimate of drug-likeness (QED) is 0.748. The first-order valence-electron chi connectivity index (χ1n) is 6.82. The number of H-pyrrole nitrogens is 1. The molecule has 2 heterocycles. The Labute approximate surface area is 116 Å². The summed E-state index contributed by atoms with van der Waals surface area (Å²) < 4.78 is 1.25. The average molecular weight is 280 g/mol. The summed E-state index contributed by atoms with van der Waals surface area (Å²) in [5.74, 6) is -0.0986. The fourth-order valence-electron chi connectivity index (χ4n) is 2.31. The lowest BCUT2D eigenvalue weighted by Gasteiger charge is -2.33. The largest absolute Gasteiger partial charge is 0.338 e. The zero-order valence-electron chi connectivity index (χ0n) is 11.8. The van der Waals surface area contributed by atoms with E-state index in [4.69, 9.17) is 0 Å². The Balaban J connectivity index is 2.10. The van der Waals surface area contributed by atoms with Crippen LogP contribution in [0.3, 0.4) is 0 Å². The summed E-state index contributed by atoms with van der Waals surface area (Å²) in [7, 11) is 0. The highest BCUT2D eigenvalue weighted by atomic mass is 16.2. The number of hydrogen-bond acceptors (Lipinski definition) is 4. The van der Waals surface area contributed by atoms with Gasteiger partial charge in [0.25, 0.3) is 5.56 Å². The van der Waals surface area contributed by atoms with Crippen molar-refractivity contribution < 1.29 is 4.79 Å². The molecule has 0 unspecified atom stereocenters. The van der Waals surface area contributed by atoms with Crippen LogP contribution in [0.15, 0.2) is 15.8 Å². The number of hydrogen-bond donors (Lipinski definition) is 2. The summed E-state index contributed by atoms with van der Waals surface area (Å²) in [6.07, 6.45) is 2.39. The number of carbonyl (C=O) groups is 1. The fraction of sp³-hybridized carbons (Fsp3) is 0.615. The van der Waals surface area contributed by atoms with Crippen molar-refractivity contribution in [2.45, 2.75) is 32.9 Å². The van der Waals surface area contributed by atoms with E-state index in [1.54, 1.807) is 11.8 Å². The summed E-state index contributed by atoms with van der Waals surface area (Å²) in [5.41, 5.74) is -0.535. The van der Waals surface area contributed by atoms with E-state index < -0.39 is 11.2 Å². The van der Waals surface area contributed by atoms with Crippen molar-refractivity contribution in [2.24, 2.45) is 0 Å². The molecule has 0 saturated carbocycles. The smallest absolute Gasteiger partial charge is 0.328 e. The monoisotopic (exact) mass is 280 g/mol. The first-order valence-corrected chi connectivity index (χ1v) is 6.82. The van der Waals surface area contributed by atoms with E-state index in [1.807, 2.05) is 0 Å². The second kappa shape index (κ2) is 6.04. The van der Waals surface area contributed by atoms with Gasteiger partial charge in [0.2, 0.25) is 5.91 Å². The lowest BCUT2D eigenvalue weighted by Crippen LogP contribution is -2.53. The number of aryl methyl sites for hydroxylation is 1. The number of nitrogens with zero attached hydrogens (tertiary/aromatic N) is 2. The summed E-state index contributed by atoms with van der Waals surface area (Å²) in [4.78, 5) is 39.1. The second-order valence-corrected chi connectivity index (χ2v) is 5.10. The van der Waals surface area contributed by atoms with Gasteiger partial charge in [-0.3, -0.25) is 19.1 Å². The second-order valence-electron chi connectivity index (χ2n) is 5.10. The molecule has 0 spiro atoms. The van der Waals surface area contributed by atoms with Gasteiger partial charge < -0.3 is 10.2 Å². The third-order valence-corrected chi connectivity index (χ3v) is 3.60. The third-order valence-electron chi connectivity index (χ3n) is 3.60. The maximum Gasteiger partial charge on any atom is 0.328 e. The van der Waals surface area contributed by atoms with Crippen LogP contribution in [0.4, 0.5) is 0 Å². The van der Waals surface area contributed by atoms with Crippen LogP contribution in [0.5, 0.6) is 0 Å². The van der Waals surface area contributed by atoms with E-state index in [-0.39, 0.29) is 12.5 Å². The van der Waals surface area contributed by atoms with Gasteiger partial charge in [-0.05, 0) is 13.3 Å². The molecule has 0 aliphatic carbocycles. The zero-order valence-corrected chi connectivity index (χ0v) is 11.8. The predicted molar refractivity (Wildman–Crippen MR) is 74.7 cm³/mol. The number of aromatic amines is 1. The summed E-state index contributed by atoms with van der Waals surface area (Å²) in [5, 5.41) is 3.34. The lowest BCUT2D eigenvalue weighted by molar-refractivity contribution is -0.133. The van der Waals surface area contributed by atoms with Gasteiger partial charge in [0.1, 0.15) is 6.54 Å². The van der Waals surface area contributed by atoms with Crippen LogP contribution in [0.2, 0.25) is 0 Å². The van der Waals surface area contributed by atoms with Crippen molar-refractivity contribution in [3.05, 3.63) is 32.6 Å². The molecule has 1 amide bonds. The molecule has 110 valence electrons. The Morgan fingerprint density at radius 2 is 2.20 bits per heavy atom. The molecule has 1 aliphatic rings. The van der Waals surface area contributed by atoms with E-state index >= 15 is 0 Å². The van der Waals surface area contributed by atoms with Crippen molar-refractivity contribution in [3.63, 3.8) is 0 Å². The van der Waals surface area contributed by atoms with Gasteiger partial charge in [0.15, 0.2) is 0 Å². The number of carbonyl (C=O) groups excluding carboxylic acids is 1. The van der Waals surface area contributed by atoms with Gasteiger partial charge in [-0.15, -0.1) is 0 Å². The normalized spacial score (nSPS) is 19.1. The summed E-state index contributed by atoms with van der Waals surface area (Å²) in [6.45, 7) is 5.72. The molecule has 2 N–H and O–H groups in total. The maximum atomic E-state index is 12.2. The van der Waals surface area contributed by atoms with Crippen LogP contribution in [0.1, 0.15) is 18.9 Å². The Morgan fingerprint density at radius 1 is 1.45 bits per heavy atom. The standard InChI is InChI=1S/C13H20N4O3/c1-3-10-7-16(5-4-14-10)11(18)8-17-6-9(2)12(19)15-13(17)20/h6,10,14H,3-5,7-8H2,1-2H3,(H,15,19,20)/t10-/m1/s1. The molecule has 1 atom stereocenters. The molecule has 1 aromatic heterocycles. The van der Waals surface area contributed by atoms with Crippen LogP contribution >= 0.6 is 0 Å². The Bertz CT molecular complexity index is 604. The van der Waals surface area contributed by atoms with E-state index in [1.165, 1.54) is 10.8 Å². The number of aromatic nitrogens is 2. The minimum atomic E-state index is -0.545. The maximum absolute atomic E-state index is 12.2. The first-order chi connectivity index (χ1) is 9.51. The van der Waals surface area contributed by atoms with Gasteiger partial charge in [0, 0.05) is 37.4 Å². The number of rotatable bonds is 3. The average Bonchev–Trinajstić information content (AvgIpc) is 2.44. The highest BCUT2D eigenvalue weighted by Crippen LogP contribution is 2.03. The molecular weight excluding hydrogens is 260 g/mol. The minimum absolute atomic E-state index is 0.0348. The van der Waals surface area contributed by atoms with Crippen LogP contribution in [0.25, 0.3) is 0 Å². The highest BCUT2D eigenvalue weighted by molar-refractivity contribution is 5.76. The van der Waals surface area contributed by atoms with Gasteiger partial charge in [0.05, 0.1) is 0 Å². The third kappa shape index (κ3) is 3.16. The van der Waals surface area contributed by atoms with E-state index in [0.29, 0.717) is 24.7 Å². The molecule has 0 aromatic carbocycles.